The second kappa shape index (κ2) is 8.62. The van der Waals surface area contributed by atoms with Crippen LogP contribution in [0, 0.1) is 5.92 Å². The van der Waals surface area contributed by atoms with E-state index in [0.717, 1.165) is 49.2 Å². The van der Waals surface area contributed by atoms with Crippen molar-refractivity contribution >= 4 is 6.03 Å². The Kier molecular flexibility index (Phi) is 6.01. The van der Waals surface area contributed by atoms with Crippen LogP contribution >= 0.6 is 0 Å². The molecule has 1 aromatic carbocycles. The van der Waals surface area contributed by atoms with Gasteiger partial charge in [-0.1, -0.05) is 30.3 Å². The number of amides is 2. The standard InChI is InChI=1S/C20H25N3O2/c1-25-15-17-4-3-11-23(14-17)20(24)22-12-16-6-8-18(9-7-16)19-5-2-10-21-13-19/h2,5-10,13,17H,3-4,11-12,14-15H2,1H3,(H,22,24)/t17-/m1/s1. The summed E-state index contributed by atoms with van der Waals surface area (Å²) < 4.78 is 5.22. The number of carbonyl (C=O) groups is 1. The number of benzene rings is 1. The fraction of sp³-hybridized carbons (Fsp3) is 0.400. The monoisotopic (exact) mass is 339 g/mol. The van der Waals surface area contributed by atoms with E-state index in [-0.39, 0.29) is 6.03 Å². The van der Waals surface area contributed by atoms with Crippen molar-refractivity contribution in [2.75, 3.05) is 26.8 Å². The number of nitrogens with zero attached hydrogens (tertiary/aromatic N) is 2. The molecule has 0 unspecified atom stereocenters. The second-order valence-electron chi connectivity index (χ2n) is 6.51. The van der Waals surface area contributed by atoms with Crippen LogP contribution in [0.5, 0.6) is 0 Å². The van der Waals surface area contributed by atoms with Gasteiger partial charge in [-0.05, 0) is 35.6 Å². The Morgan fingerprint density at radius 2 is 2.12 bits per heavy atom. The fourth-order valence-electron chi connectivity index (χ4n) is 3.26. The van der Waals surface area contributed by atoms with Crippen molar-refractivity contribution in [3.05, 3.63) is 54.4 Å². The molecular formula is C20H25N3O2. The van der Waals surface area contributed by atoms with Crippen LogP contribution in [0.4, 0.5) is 4.79 Å². The van der Waals surface area contributed by atoms with Gasteiger partial charge in [-0.15, -0.1) is 0 Å². The molecule has 2 amide bonds. The highest BCUT2D eigenvalue weighted by Gasteiger charge is 2.23. The number of hydrogen-bond acceptors (Lipinski definition) is 3. The highest BCUT2D eigenvalue weighted by molar-refractivity contribution is 5.74. The number of carbonyl (C=O) groups excluding carboxylic acids is 1. The highest BCUT2D eigenvalue weighted by Crippen LogP contribution is 2.19. The molecule has 2 heterocycles. The molecule has 1 aromatic heterocycles. The first kappa shape index (κ1) is 17.4. The molecule has 5 heteroatoms. The zero-order chi connectivity index (χ0) is 17.5. The topological polar surface area (TPSA) is 54.5 Å². The van der Waals surface area contributed by atoms with Crippen LogP contribution in [0.25, 0.3) is 11.1 Å². The predicted molar refractivity (Wildman–Crippen MR) is 98.1 cm³/mol. The first-order chi connectivity index (χ1) is 12.3. The molecule has 0 bridgehead atoms. The molecular weight excluding hydrogens is 314 g/mol. The number of hydrogen-bond donors (Lipinski definition) is 1. The summed E-state index contributed by atoms with van der Waals surface area (Å²) in [5.41, 5.74) is 3.31. The molecule has 2 aromatic rings. The predicted octanol–water partition coefficient (Wildman–Crippen LogP) is 3.32. The smallest absolute Gasteiger partial charge is 0.317 e. The minimum atomic E-state index is 0.0112. The van der Waals surface area contributed by atoms with Crippen molar-refractivity contribution in [1.29, 1.82) is 0 Å². The maximum atomic E-state index is 12.4. The summed E-state index contributed by atoms with van der Waals surface area (Å²) in [5.74, 6) is 0.447. The van der Waals surface area contributed by atoms with Crippen molar-refractivity contribution in [3.63, 3.8) is 0 Å². The molecule has 1 atom stereocenters. The van der Waals surface area contributed by atoms with Gasteiger partial charge in [0.2, 0.25) is 0 Å². The quantitative estimate of drug-likeness (QED) is 0.909. The molecule has 0 aliphatic carbocycles. The summed E-state index contributed by atoms with van der Waals surface area (Å²) in [6.07, 6.45) is 5.80. The lowest BCUT2D eigenvalue weighted by atomic mass is 9.99. The fourth-order valence-corrected chi connectivity index (χ4v) is 3.26. The third-order valence-electron chi connectivity index (χ3n) is 4.60. The van der Waals surface area contributed by atoms with E-state index in [1.165, 1.54) is 0 Å². The number of piperidine rings is 1. The van der Waals surface area contributed by atoms with E-state index in [9.17, 15) is 4.79 Å². The number of nitrogens with one attached hydrogen (secondary N) is 1. The Bertz CT molecular complexity index is 671. The van der Waals surface area contributed by atoms with Crippen molar-refractivity contribution in [2.45, 2.75) is 19.4 Å². The lowest BCUT2D eigenvalue weighted by molar-refractivity contribution is 0.100. The minimum Gasteiger partial charge on any atom is -0.384 e. The third-order valence-corrected chi connectivity index (χ3v) is 4.60. The van der Waals surface area contributed by atoms with Gasteiger partial charge in [0.05, 0.1) is 6.61 Å². The molecule has 132 valence electrons. The zero-order valence-corrected chi connectivity index (χ0v) is 14.6. The molecule has 1 aliphatic rings. The molecule has 0 radical (unpaired) electrons. The molecule has 1 aliphatic heterocycles. The summed E-state index contributed by atoms with van der Waals surface area (Å²) in [5, 5.41) is 3.02. The molecule has 5 nitrogen and oxygen atoms in total. The Labute approximate surface area is 149 Å². The molecule has 0 saturated carbocycles. The molecule has 3 rings (SSSR count). The zero-order valence-electron chi connectivity index (χ0n) is 14.6. The molecule has 1 fully saturated rings. The van der Waals surface area contributed by atoms with Crippen LogP contribution in [0.3, 0.4) is 0 Å². The molecule has 1 N–H and O–H groups in total. The van der Waals surface area contributed by atoms with Gasteiger partial charge in [0.1, 0.15) is 0 Å². The Morgan fingerprint density at radius 3 is 2.84 bits per heavy atom. The van der Waals surface area contributed by atoms with Crippen molar-refractivity contribution in [2.24, 2.45) is 5.92 Å². The van der Waals surface area contributed by atoms with Crippen LogP contribution in [-0.2, 0) is 11.3 Å². The summed E-state index contributed by atoms with van der Waals surface area (Å²) in [6.45, 7) is 2.86. The second-order valence-corrected chi connectivity index (χ2v) is 6.51. The van der Waals surface area contributed by atoms with Crippen LogP contribution < -0.4 is 5.32 Å². The van der Waals surface area contributed by atoms with Gasteiger partial charge in [-0.2, -0.15) is 0 Å². The number of methoxy groups -OCH3 is 1. The van der Waals surface area contributed by atoms with E-state index in [1.807, 2.05) is 35.4 Å². The van der Waals surface area contributed by atoms with Crippen LogP contribution in [0.1, 0.15) is 18.4 Å². The lowest BCUT2D eigenvalue weighted by Crippen LogP contribution is -2.46. The van der Waals surface area contributed by atoms with Gasteiger partial charge >= 0.3 is 6.03 Å². The van der Waals surface area contributed by atoms with E-state index in [0.29, 0.717) is 12.5 Å². The number of likely N-dealkylation sites (tertiary alicyclic amines) is 1. The van der Waals surface area contributed by atoms with Gasteiger partial charge in [0, 0.05) is 45.1 Å². The first-order valence-electron chi connectivity index (χ1n) is 8.77. The maximum absolute atomic E-state index is 12.4. The van der Waals surface area contributed by atoms with E-state index < -0.39 is 0 Å². The highest BCUT2D eigenvalue weighted by atomic mass is 16.5. The minimum absolute atomic E-state index is 0.0112. The normalized spacial score (nSPS) is 17.3. The molecule has 25 heavy (non-hydrogen) atoms. The average molecular weight is 339 g/mol. The van der Waals surface area contributed by atoms with Gasteiger partial charge in [-0.25, -0.2) is 4.79 Å². The Hall–Kier alpha value is -2.40. The largest absolute Gasteiger partial charge is 0.384 e. The number of rotatable bonds is 5. The van der Waals surface area contributed by atoms with Gasteiger partial charge < -0.3 is 15.0 Å². The van der Waals surface area contributed by atoms with Crippen molar-refractivity contribution in [1.82, 2.24) is 15.2 Å². The molecule has 1 saturated heterocycles. The first-order valence-corrected chi connectivity index (χ1v) is 8.77. The van der Waals surface area contributed by atoms with Crippen molar-refractivity contribution in [3.8, 4) is 11.1 Å². The van der Waals surface area contributed by atoms with Gasteiger partial charge in [0.25, 0.3) is 0 Å². The summed E-state index contributed by atoms with van der Waals surface area (Å²) in [6, 6.07) is 12.2. The number of pyridine rings is 1. The average Bonchev–Trinajstić information content (AvgIpc) is 2.68. The van der Waals surface area contributed by atoms with E-state index in [2.05, 4.69) is 22.4 Å². The number of urea groups is 1. The van der Waals surface area contributed by atoms with Gasteiger partial charge in [-0.3, -0.25) is 4.98 Å². The third kappa shape index (κ3) is 4.79. The lowest BCUT2D eigenvalue weighted by Gasteiger charge is -2.32. The summed E-state index contributed by atoms with van der Waals surface area (Å²) >= 11 is 0. The van der Waals surface area contributed by atoms with E-state index >= 15 is 0 Å². The van der Waals surface area contributed by atoms with Crippen molar-refractivity contribution < 1.29 is 9.53 Å². The van der Waals surface area contributed by atoms with Gasteiger partial charge in [0.15, 0.2) is 0 Å². The summed E-state index contributed by atoms with van der Waals surface area (Å²) in [7, 11) is 1.72. The summed E-state index contributed by atoms with van der Waals surface area (Å²) in [4.78, 5) is 18.4. The maximum Gasteiger partial charge on any atom is 0.317 e. The van der Waals surface area contributed by atoms with E-state index in [1.54, 1.807) is 13.3 Å². The SMILES string of the molecule is COC[C@@H]1CCCN(C(=O)NCc2ccc(-c3cccnc3)cc2)C1. The van der Waals surface area contributed by atoms with Crippen LogP contribution in [0.15, 0.2) is 48.8 Å². The number of aromatic nitrogens is 1. The van der Waals surface area contributed by atoms with Crippen LogP contribution in [0.2, 0.25) is 0 Å². The van der Waals surface area contributed by atoms with Crippen LogP contribution in [-0.4, -0.2) is 42.7 Å². The Morgan fingerprint density at radius 1 is 1.28 bits per heavy atom. The molecule has 0 spiro atoms. The Balaban J connectivity index is 1.52. The number of ether oxygens (including phenoxy) is 1. The van der Waals surface area contributed by atoms with E-state index in [4.69, 9.17) is 4.74 Å².